The molecule has 8 heteroatoms. The monoisotopic (exact) mass is 416 g/mol. The molecule has 1 aromatic heterocycles. The molecule has 0 spiro atoms. The normalized spacial score (nSPS) is 18.7. The number of aromatic nitrogens is 1. The standard InChI is InChI=1S/C21H28N4O3S/c1-28-20-8-4-3-7-18(20)23-13-15-24(16-14-23)19-9-10-22-17-21(19)29(26,27)25-11-5-2-6-12-25/h3-4,7-10,17H,2,5-6,11-16H2,1H3. The predicted octanol–water partition coefficient (Wildman–Crippen LogP) is 2.59. The highest BCUT2D eigenvalue weighted by atomic mass is 32.2. The zero-order valence-corrected chi connectivity index (χ0v) is 17.6. The van der Waals surface area contributed by atoms with Crippen molar-refractivity contribution >= 4 is 21.4 Å². The fourth-order valence-electron chi connectivity index (χ4n) is 4.16. The fourth-order valence-corrected chi connectivity index (χ4v) is 5.83. The van der Waals surface area contributed by atoms with Crippen molar-refractivity contribution in [3.05, 3.63) is 42.7 Å². The summed E-state index contributed by atoms with van der Waals surface area (Å²) < 4.78 is 33.6. The largest absolute Gasteiger partial charge is 0.495 e. The molecule has 156 valence electrons. The van der Waals surface area contributed by atoms with E-state index in [2.05, 4.69) is 20.9 Å². The Hall–Kier alpha value is -2.32. The minimum atomic E-state index is -3.52. The number of methoxy groups -OCH3 is 1. The Balaban J connectivity index is 1.54. The molecule has 0 saturated carbocycles. The summed E-state index contributed by atoms with van der Waals surface area (Å²) in [5.74, 6) is 0.859. The van der Waals surface area contributed by atoms with Gasteiger partial charge in [0.2, 0.25) is 10.0 Å². The van der Waals surface area contributed by atoms with Crippen molar-refractivity contribution in [2.75, 3.05) is 56.2 Å². The second-order valence-corrected chi connectivity index (χ2v) is 9.36. The number of nitrogens with zero attached hydrogens (tertiary/aromatic N) is 4. The molecule has 2 aliphatic rings. The van der Waals surface area contributed by atoms with Gasteiger partial charge in [0.15, 0.2) is 0 Å². The maximum Gasteiger partial charge on any atom is 0.246 e. The second kappa shape index (κ2) is 8.59. The molecule has 0 aliphatic carbocycles. The summed E-state index contributed by atoms with van der Waals surface area (Å²) in [5, 5.41) is 0. The molecule has 29 heavy (non-hydrogen) atoms. The molecule has 2 saturated heterocycles. The highest BCUT2D eigenvalue weighted by molar-refractivity contribution is 7.89. The van der Waals surface area contributed by atoms with Gasteiger partial charge in [-0.25, -0.2) is 8.42 Å². The van der Waals surface area contributed by atoms with Crippen molar-refractivity contribution in [3.8, 4) is 5.75 Å². The molecule has 0 unspecified atom stereocenters. The van der Waals surface area contributed by atoms with Crippen molar-refractivity contribution in [2.45, 2.75) is 24.2 Å². The van der Waals surface area contributed by atoms with Gasteiger partial charge < -0.3 is 14.5 Å². The van der Waals surface area contributed by atoms with Gasteiger partial charge in [-0.15, -0.1) is 0 Å². The van der Waals surface area contributed by atoms with Crippen LogP contribution in [0.1, 0.15) is 19.3 Å². The Kier molecular flexibility index (Phi) is 5.91. The summed E-state index contributed by atoms with van der Waals surface area (Å²) in [4.78, 5) is 8.90. The van der Waals surface area contributed by atoms with E-state index in [1.807, 2.05) is 24.3 Å². The Labute approximate surface area is 172 Å². The Morgan fingerprint density at radius 3 is 2.21 bits per heavy atom. The average molecular weight is 417 g/mol. The number of sulfonamides is 1. The molecular weight excluding hydrogens is 388 g/mol. The molecule has 0 N–H and O–H groups in total. The summed E-state index contributed by atoms with van der Waals surface area (Å²) in [6.45, 7) is 4.27. The molecular formula is C21H28N4O3S. The summed E-state index contributed by atoms with van der Waals surface area (Å²) >= 11 is 0. The quantitative estimate of drug-likeness (QED) is 0.747. The first-order chi connectivity index (χ1) is 14.1. The van der Waals surface area contributed by atoms with E-state index in [9.17, 15) is 8.42 Å². The third-order valence-electron chi connectivity index (χ3n) is 5.74. The van der Waals surface area contributed by atoms with Crippen molar-refractivity contribution in [2.24, 2.45) is 0 Å². The lowest BCUT2D eigenvalue weighted by atomic mass is 10.2. The molecule has 0 radical (unpaired) electrons. The lowest BCUT2D eigenvalue weighted by Crippen LogP contribution is -2.47. The van der Waals surface area contributed by atoms with Crippen molar-refractivity contribution in [1.82, 2.24) is 9.29 Å². The van der Waals surface area contributed by atoms with E-state index in [4.69, 9.17) is 4.74 Å². The van der Waals surface area contributed by atoms with Crippen LogP contribution < -0.4 is 14.5 Å². The van der Waals surface area contributed by atoms with E-state index in [0.29, 0.717) is 18.0 Å². The molecule has 2 aromatic rings. The first kappa shape index (κ1) is 20.0. The summed E-state index contributed by atoms with van der Waals surface area (Å²) in [5.41, 5.74) is 1.83. The lowest BCUT2D eigenvalue weighted by Gasteiger charge is -2.38. The summed E-state index contributed by atoms with van der Waals surface area (Å²) in [6, 6.07) is 9.83. The minimum Gasteiger partial charge on any atom is -0.495 e. The van der Waals surface area contributed by atoms with Gasteiger partial charge in [-0.2, -0.15) is 4.31 Å². The number of pyridine rings is 1. The number of anilines is 2. The number of piperidine rings is 1. The third-order valence-corrected chi connectivity index (χ3v) is 7.66. The highest BCUT2D eigenvalue weighted by Crippen LogP contribution is 2.32. The maximum atomic E-state index is 13.3. The SMILES string of the molecule is COc1ccccc1N1CCN(c2ccncc2S(=O)(=O)N2CCCCC2)CC1. The van der Waals surface area contributed by atoms with Crippen LogP contribution in [0.2, 0.25) is 0 Å². The van der Waals surface area contributed by atoms with E-state index >= 15 is 0 Å². The molecule has 4 rings (SSSR count). The van der Waals surface area contributed by atoms with Crippen LogP contribution in [0.15, 0.2) is 47.6 Å². The van der Waals surface area contributed by atoms with E-state index < -0.39 is 10.0 Å². The zero-order valence-electron chi connectivity index (χ0n) is 16.8. The Morgan fingerprint density at radius 1 is 0.862 bits per heavy atom. The molecule has 3 heterocycles. The average Bonchev–Trinajstić information content (AvgIpc) is 2.80. The van der Waals surface area contributed by atoms with Gasteiger partial charge in [0.1, 0.15) is 10.6 Å². The van der Waals surface area contributed by atoms with Crippen LogP contribution >= 0.6 is 0 Å². The molecule has 7 nitrogen and oxygen atoms in total. The number of para-hydroxylation sites is 2. The van der Waals surface area contributed by atoms with Crippen molar-refractivity contribution in [3.63, 3.8) is 0 Å². The van der Waals surface area contributed by atoms with Gasteiger partial charge >= 0.3 is 0 Å². The van der Waals surface area contributed by atoms with Gasteiger partial charge in [0.25, 0.3) is 0 Å². The molecule has 2 fully saturated rings. The zero-order chi connectivity index (χ0) is 20.3. The summed E-state index contributed by atoms with van der Waals surface area (Å²) in [7, 11) is -1.84. The molecule has 1 aromatic carbocycles. The van der Waals surface area contributed by atoms with Crippen molar-refractivity contribution < 1.29 is 13.2 Å². The molecule has 0 amide bonds. The van der Waals surface area contributed by atoms with Crippen LogP contribution in [0.3, 0.4) is 0 Å². The smallest absolute Gasteiger partial charge is 0.246 e. The van der Waals surface area contributed by atoms with Gasteiger partial charge in [0, 0.05) is 51.7 Å². The number of ether oxygens (including phenoxy) is 1. The second-order valence-electron chi connectivity index (χ2n) is 7.45. The lowest BCUT2D eigenvalue weighted by molar-refractivity contribution is 0.346. The number of benzene rings is 1. The number of hydrogen-bond acceptors (Lipinski definition) is 6. The van der Waals surface area contributed by atoms with Crippen LogP contribution in [0, 0.1) is 0 Å². The van der Waals surface area contributed by atoms with Crippen LogP contribution in [0.25, 0.3) is 0 Å². The number of piperazine rings is 1. The third kappa shape index (κ3) is 4.04. The van der Waals surface area contributed by atoms with Gasteiger partial charge in [-0.3, -0.25) is 4.98 Å². The van der Waals surface area contributed by atoms with Crippen LogP contribution in [-0.4, -0.2) is 64.1 Å². The van der Waals surface area contributed by atoms with Gasteiger partial charge in [-0.1, -0.05) is 18.6 Å². The highest BCUT2D eigenvalue weighted by Gasteiger charge is 2.31. The Bertz CT molecular complexity index is 936. The van der Waals surface area contributed by atoms with Gasteiger partial charge in [-0.05, 0) is 31.0 Å². The van der Waals surface area contributed by atoms with Gasteiger partial charge in [0.05, 0.1) is 18.5 Å². The molecule has 0 atom stereocenters. The fraction of sp³-hybridized carbons (Fsp3) is 0.476. The molecule has 2 aliphatic heterocycles. The minimum absolute atomic E-state index is 0.327. The van der Waals surface area contributed by atoms with Crippen molar-refractivity contribution in [1.29, 1.82) is 0 Å². The van der Waals surface area contributed by atoms with E-state index in [0.717, 1.165) is 62.6 Å². The Morgan fingerprint density at radius 2 is 1.52 bits per heavy atom. The summed E-state index contributed by atoms with van der Waals surface area (Å²) in [6.07, 6.45) is 6.12. The topological polar surface area (TPSA) is 66.0 Å². The first-order valence-electron chi connectivity index (χ1n) is 10.2. The van der Waals surface area contributed by atoms with E-state index in [-0.39, 0.29) is 0 Å². The number of rotatable bonds is 5. The predicted molar refractivity (Wildman–Crippen MR) is 114 cm³/mol. The number of hydrogen-bond donors (Lipinski definition) is 0. The maximum absolute atomic E-state index is 13.3. The van der Waals surface area contributed by atoms with Crippen LogP contribution in [0.5, 0.6) is 5.75 Å². The van der Waals surface area contributed by atoms with Crippen LogP contribution in [0.4, 0.5) is 11.4 Å². The van der Waals surface area contributed by atoms with E-state index in [1.165, 1.54) is 6.20 Å². The molecule has 0 bridgehead atoms. The van der Waals surface area contributed by atoms with Crippen LogP contribution in [-0.2, 0) is 10.0 Å². The van der Waals surface area contributed by atoms with E-state index in [1.54, 1.807) is 17.6 Å². The first-order valence-corrected chi connectivity index (χ1v) is 11.6.